The lowest BCUT2D eigenvalue weighted by Gasteiger charge is -2.05. The van der Waals surface area contributed by atoms with Gasteiger partial charge in [-0.3, -0.25) is 10.1 Å². The molecule has 2 aromatic heterocycles. The number of pyridine rings is 1. The number of thiazole rings is 1. The van der Waals surface area contributed by atoms with Gasteiger partial charge in [0.05, 0.1) is 22.2 Å². The van der Waals surface area contributed by atoms with Gasteiger partial charge < -0.3 is 5.32 Å². The summed E-state index contributed by atoms with van der Waals surface area (Å²) in [5, 5.41) is 16.7. The molecule has 0 amide bonds. The Balaban J connectivity index is 2.17. The number of aromatic nitrogens is 2. The predicted molar refractivity (Wildman–Crippen MR) is 69.8 cm³/mol. The molecular weight excluding hydrogens is 252 g/mol. The fourth-order valence-electron chi connectivity index (χ4n) is 1.49. The molecule has 94 valence electrons. The van der Waals surface area contributed by atoms with E-state index in [0.717, 1.165) is 16.4 Å². The highest BCUT2D eigenvalue weighted by Crippen LogP contribution is 2.22. The number of nitrogens with one attached hydrogen (secondary N) is 1. The average Bonchev–Trinajstić information content (AvgIpc) is 2.72. The van der Waals surface area contributed by atoms with Crippen LogP contribution in [-0.2, 0) is 6.54 Å². The summed E-state index contributed by atoms with van der Waals surface area (Å²) in [6.45, 7) is 4.14. The van der Waals surface area contributed by atoms with E-state index in [9.17, 15) is 10.1 Å². The zero-order valence-electron chi connectivity index (χ0n) is 10.0. The van der Waals surface area contributed by atoms with Gasteiger partial charge in [-0.1, -0.05) is 0 Å². The molecule has 0 fully saturated rings. The molecule has 0 atom stereocenters. The van der Waals surface area contributed by atoms with Gasteiger partial charge in [0.25, 0.3) is 0 Å². The minimum Gasteiger partial charge on any atom is -0.359 e. The fraction of sp³-hybridized carbons (Fsp3) is 0.273. The van der Waals surface area contributed by atoms with Crippen LogP contribution in [0.25, 0.3) is 0 Å². The van der Waals surface area contributed by atoms with E-state index in [1.54, 1.807) is 24.3 Å². The van der Waals surface area contributed by atoms with Gasteiger partial charge >= 0.3 is 5.69 Å². The molecule has 2 heterocycles. The van der Waals surface area contributed by atoms with Gasteiger partial charge in [-0.15, -0.1) is 11.3 Å². The lowest BCUT2D eigenvalue weighted by Crippen LogP contribution is -2.05. The maximum Gasteiger partial charge on any atom is 0.311 e. The van der Waals surface area contributed by atoms with Crippen molar-refractivity contribution in [2.45, 2.75) is 20.4 Å². The molecule has 0 aliphatic rings. The van der Waals surface area contributed by atoms with Gasteiger partial charge in [0.2, 0.25) is 5.82 Å². The first-order valence-electron chi connectivity index (χ1n) is 5.33. The number of nitrogens with zero attached hydrogens (tertiary/aromatic N) is 3. The molecule has 0 saturated heterocycles. The molecule has 2 aromatic rings. The molecule has 1 N–H and O–H groups in total. The Morgan fingerprint density at radius 3 is 2.78 bits per heavy atom. The second kappa shape index (κ2) is 5.09. The first-order valence-corrected chi connectivity index (χ1v) is 6.21. The quantitative estimate of drug-likeness (QED) is 0.678. The normalized spacial score (nSPS) is 10.3. The largest absolute Gasteiger partial charge is 0.359 e. The second-order valence-electron chi connectivity index (χ2n) is 3.79. The van der Waals surface area contributed by atoms with Gasteiger partial charge in [-0.2, -0.15) is 0 Å². The minimum absolute atomic E-state index is 0.0208. The Morgan fingerprint density at radius 2 is 2.17 bits per heavy atom. The number of nitro groups is 1. The van der Waals surface area contributed by atoms with Crippen LogP contribution in [0.15, 0.2) is 17.5 Å². The van der Waals surface area contributed by atoms with E-state index < -0.39 is 4.92 Å². The summed E-state index contributed by atoms with van der Waals surface area (Å²) in [7, 11) is 0. The van der Waals surface area contributed by atoms with Crippen molar-refractivity contribution < 1.29 is 4.92 Å². The number of hydrogen-bond donors (Lipinski definition) is 1. The van der Waals surface area contributed by atoms with Crippen molar-refractivity contribution in [1.82, 2.24) is 9.97 Å². The van der Waals surface area contributed by atoms with Crippen LogP contribution in [0.4, 0.5) is 11.5 Å². The highest BCUT2D eigenvalue weighted by Gasteiger charge is 2.15. The summed E-state index contributed by atoms with van der Waals surface area (Å²) in [5.41, 5.74) is 1.57. The predicted octanol–water partition coefficient (Wildman–Crippen LogP) is 2.68. The molecular formula is C11H12N4O2S. The number of rotatable bonds is 4. The maximum absolute atomic E-state index is 10.9. The van der Waals surface area contributed by atoms with Gasteiger partial charge in [0, 0.05) is 17.1 Å². The number of anilines is 1. The molecule has 0 bridgehead atoms. The highest BCUT2D eigenvalue weighted by molar-refractivity contribution is 7.09. The molecule has 7 heteroatoms. The first kappa shape index (κ1) is 12.4. The van der Waals surface area contributed by atoms with Crippen molar-refractivity contribution in [3.05, 3.63) is 44.0 Å². The molecule has 0 aromatic carbocycles. The standard InChI is InChI=1S/C11H12N4O2S/c1-7-3-4-10(15(16)17)11(13-7)12-5-9-6-18-8(2)14-9/h3-4,6H,5H2,1-2H3,(H,12,13). The van der Waals surface area contributed by atoms with Crippen LogP contribution in [0.1, 0.15) is 16.4 Å². The van der Waals surface area contributed by atoms with Crippen LogP contribution >= 0.6 is 11.3 Å². The van der Waals surface area contributed by atoms with Crippen LogP contribution < -0.4 is 5.32 Å². The summed E-state index contributed by atoms with van der Waals surface area (Å²) in [6, 6.07) is 3.08. The Kier molecular flexibility index (Phi) is 3.52. The lowest BCUT2D eigenvalue weighted by molar-refractivity contribution is -0.384. The highest BCUT2D eigenvalue weighted by atomic mass is 32.1. The Hall–Kier alpha value is -2.02. The van der Waals surface area contributed by atoms with Crippen molar-refractivity contribution in [2.75, 3.05) is 5.32 Å². The zero-order valence-corrected chi connectivity index (χ0v) is 10.8. The first-order chi connectivity index (χ1) is 8.56. The summed E-state index contributed by atoms with van der Waals surface area (Å²) in [4.78, 5) is 18.8. The van der Waals surface area contributed by atoms with E-state index in [0.29, 0.717) is 6.54 Å². The Labute approximate surface area is 108 Å². The third-order valence-corrected chi connectivity index (χ3v) is 3.14. The third-order valence-electron chi connectivity index (χ3n) is 2.31. The van der Waals surface area contributed by atoms with Crippen molar-refractivity contribution in [1.29, 1.82) is 0 Å². The molecule has 0 aliphatic carbocycles. The van der Waals surface area contributed by atoms with Gasteiger partial charge in [-0.05, 0) is 19.9 Å². The second-order valence-corrected chi connectivity index (χ2v) is 4.85. The number of hydrogen-bond acceptors (Lipinski definition) is 6. The molecule has 6 nitrogen and oxygen atoms in total. The minimum atomic E-state index is -0.443. The van der Waals surface area contributed by atoms with Crippen LogP contribution in [0.2, 0.25) is 0 Å². The zero-order chi connectivity index (χ0) is 13.1. The summed E-state index contributed by atoms with van der Waals surface area (Å²) in [5.74, 6) is 0.283. The van der Waals surface area contributed by atoms with E-state index >= 15 is 0 Å². The molecule has 0 radical (unpaired) electrons. The van der Waals surface area contributed by atoms with Gasteiger partial charge in [-0.25, -0.2) is 9.97 Å². The fourth-order valence-corrected chi connectivity index (χ4v) is 2.10. The summed E-state index contributed by atoms with van der Waals surface area (Å²) in [6.07, 6.45) is 0. The van der Waals surface area contributed by atoms with Crippen LogP contribution in [0.3, 0.4) is 0 Å². The average molecular weight is 264 g/mol. The summed E-state index contributed by atoms with van der Waals surface area (Å²) >= 11 is 1.55. The smallest absolute Gasteiger partial charge is 0.311 e. The summed E-state index contributed by atoms with van der Waals surface area (Å²) < 4.78 is 0. The van der Waals surface area contributed by atoms with Crippen molar-refractivity contribution >= 4 is 22.8 Å². The molecule has 18 heavy (non-hydrogen) atoms. The molecule has 0 saturated carbocycles. The van der Waals surface area contributed by atoms with Crippen LogP contribution in [0.5, 0.6) is 0 Å². The SMILES string of the molecule is Cc1ccc([N+](=O)[O-])c(NCc2csc(C)n2)n1. The van der Waals surface area contributed by atoms with Crippen molar-refractivity contribution in [3.8, 4) is 0 Å². The van der Waals surface area contributed by atoms with Crippen molar-refractivity contribution in [3.63, 3.8) is 0 Å². The number of aryl methyl sites for hydroxylation is 2. The van der Waals surface area contributed by atoms with E-state index in [1.165, 1.54) is 6.07 Å². The van der Waals surface area contributed by atoms with E-state index in [2.05, 4.69) is 15.3 Å². The molecule has 0 aliphatic heterocycles. The van der Waals surface area contributed by atoms with Crippen LogP contribution in [-0.4, -0.2) is 14.9 Å². The third kappa shape index (κ3) is 2.80. The maximum atomic E-state index is 10.9. The van der Waals surface area contributed by atoms with E-state index in [1.807, 2.05) is 12.3 Å². The van der Waals surface area contributed by atoms with E-state index in [4.69, 9.17) is 0 Å². The van der Waals surface area contributed by atoms with Gasteiger partial charge in [0.15, 0.2) is 0 Å². The van der Waals surface area contributed by atoms with E-state index in [-0.39, 0.29) is 11.5 Å². The Bertz CT molecular complexity index is 582. The Morgan fingerprint density at radius 1 is 1.39 bits per heavy atom. The molecule has 0 unspecified atom stereocenters. The lowest BCUT2D eigenvalue weighted by atomic mass is 10.3. The molecule has 0 spiro atoms. The molecule has 2 rings (SSSR count). The van der Waals surface area contributed by atoms with Crippen molar-refractivity contribution in [2.24, 2.45) is 0 Å². The topological polar surface area (TPSA) is 81.0 Å². The van der Waals surface area contributed by atoms with Crippen LogP contribution in [0, 0.1) is 24.0 Å². The monoisotopic (exact) mass is 264 g/mol. The van der Waals surface area contributed by atoms with Gasteiger partial charge in [0.1, 0.15) is 0 Å².